The van der Waals surface area contributed by atoms with Crippen LogP contribution in [-0.4, -0.2) is 33.4 Å². The highest BCUT2D eigenvalue weighted by Gasteiger charge is 2.31. The minimum atomic E-state index is -0.202. The van der Waals surface area contributed by atoms with Gasteiger partial charge in [0, 0.05) is 43.0 Å². The number of nitrogens with zero attached hydrogens (tertiary/aromatic N) is 3. The number of H-pyrrole nitrogens is 1. The average molecular weight is 420 g/mol. The molecule has 0 bridgehead atoms. The zero-order valence-corrected chi connectivity index (χ0v) is 17.2. The maximum atomic E-state index is 12.4. The minimum Gasteiger partial charge on any atom is -0.355 e. The number of amides is 1. The summed E-state index contributed by atoms with van der Waals surface area (Å²) in [6.07, 6.45) is 3.12. The molecule has 1 aliphatic rings. The number of aromatic amines is 1. The Bertz CT molecular complexity index is 1090. The molecule has 3 aromatic rings. The van der Waals surface area contributed by atoms with Crippen molar-refractivity contribution in [1.82, 2.24) is 20.2 Å². The van der Waals surface area contributed by atoms with Crippen LogP contribution in [0.1, 0.15) is 34.6 Å². The maximum Gasteiger partial charge on any atom is 0.237 e. The first kappa shape index (κ1) is 20.1. The second-order valence-electron chi connectivity index (χ2n) is 7.39. The average Bonchev–Trinajstić information content (AvgIpc) is 3.38. The van der Waals surface area contributed by atoms with Gasteiger partial charge in [-0.05, 0) is 29.7 Å². The molecule has 1 amide bonds. The summed E-state index contributed by atoms with van der Waals surface area (Å²) in [7, 11) is 0. The molecule has 152 valence electrons. The van der Waals surface area contributed by atoms with Crippen molar-refractivity contribution in [3.63, 3.8) is 0 Å². The van der Waals surface area contributed by atoms with E-state index in [1.54, 1.807) is 6.20 Å². The molecule has 0 spiro atoms. The molecule has 0 aliphatic carbocycles. The van der Waals surface area contributed by atoms with Crippen LogP contribution in [0.5, 0.6) is 0 Å². The molecule has 0 radical (unpaired) electrons. The second kappa shape index (κ2) is 9.12. The minimum absolute atomic E-state index is 0.0461. The molecule has 2 aromatic carbocycles. The summed E-state index contributed by atoms with van der Waals surface area (Å²) in [5.74, 6) is 0.839. The van der Waals surface area contributed by atoms with E-state index in [1.807, 2.05) is 48.5 Å². The maximum absolute atomic E-state index is 12.4. The van der Waals surface area contributed by atoms with Gasteiger partial charge in [-0.3, -0.25) is 9.69 Å². The lowest BCUT2D eigenvalue weighted by atomic mass is 10.1. The summed E-state index contributed by atoms with van der Waals surface area (Å²) in [5.41, 5.74) is 3.50. The van der Waals surface area contributed by atoms with Gasteiger partial charge in [0.05, 0.1) is 17.7 Å². The van der Waals surface area contributed by atoms with Crippen molar-refractivity contribution in [2.24, 2.45) is 0 Å². The lowest BCUT2D eigenvalue weighted by Crippen LogP contribution is -2.39. The van der Waals surface area contributed by atoms with Crippen molar-refractivity contribution in [2.45, 2.75) is 32.0 Å². The van der Waals surface area contributed by atoms with Crippen LogP contribution >= 0.6 is 11.6 Å². The summed E-state index contributed by atoms with van der Waals surface area (Å²) in [5, 5.41) is 12.9. The zero-order chi connectivity index (χ0) is 20.9. The third-order valence-electron chi connectivity index (χ3n) is 5.34. The Morgan fingerprint density at radius 3 is 2.63 bits per heavy atom. The molecule has 1 aliphatic heterocycles. The Hall–Kier alpha value is -3.14. The molecule has 1 fully saturated rings. The Morgan fingerprint density at radius 2 is 1.90 bits per heavy atom. The molecule has 1 atom stereocenters. The standard InChI is InChI=1S/C23H22ClN5O/c24-20-8-4-3-7-18(20)14-29(21-9-10-26-23(21)30)15-19-13-27-22(28-19)11-16-5-1-2-6-17(16)12-25/h1-8,13,21H,9-11,14-15H2,(H,26,30)(H,27,28). The molecule has 1 aromatic heterocycles. The highest BCUT2D eigenvalue weighted by Crippen LogP contribution is 2.22. The molecule has 1 unspecified atom stereocenters. The van der Waals surface area contributed by atoms with Crippen LogP contribution in [0.2, 0.25) is 5.02 Å². The van der Waals surface area contributed by atoms with Crippen molar-refractivity contribution in [2.75, 3.05) is 6.54 Å². The smallest absolute Gasteiger partial charge is 0.237 e. The van der Waals surface area contributed by atoms with Crippen molar-refractivity contribution in [3.05, 3.63) is 88.0 Å². The van der Waals surface area contributed by atoms with E-state index >= 15 is 0 Å². The first-order chi connectivity index (χ1) is 14.6. The number of hydrogen-bond donors (Lipinski definition) is 2. The van der Waals surface area contributed by atoms with Gasteiger partial charge in [0.25, 0.3) is 0 Å². The van der Waals surface area contributed by atoms with E-state index < -0.39 is 0 Å². The van der Waals surface area contributed by atoms with Crippen LogP contribution < -0.4 is 5.32 Å². The van der Waals surface area contributed by atoms with E-state index in [-0.39, 0.29) is 11.9 Å². The topological polar surface area (TPSA) is 84.8 Å². The summed E-state index contributed by atoms with van der Waals surface area (Å²) in [4.78, 5) is 22.3. The number of benzene rings is 2. The van der Waals surface area contributed by atoms with E-state index in [9.17, 15) is 10.1 Å². The van der Waals surface area contributed by atoms with Gasteiger partial charge >= 0.3 is 0 Å². The third kappa shape index (κ3) is 4.54. The van der Waals surface area contributed by atoms with E-state index in [4.69, 9.17) is 11.6 Å². The Labute approximate surface area is 180 Å². The fraction of sp³-hybridized carbons (Fsp3) is 0.261. The predicted molar refractivity (Wildman–Crippen MR) is 115 cm³/mol. The number of rotatable bonds is 7. The van der Waals surface area contributed by atoms with E-state index in [2.05, 4.69) is 26.3 Å². The SMILES string of the molecule is N#Cc1ccccc1Cc1ncc(CN(Cc2ccccc2Cl)C2CCNC2=O)[nH]1. The summed E-state index contributed by atoms with van der Waals surface area (Å²) in [6.45, 7) is 1.81. The Morgan fingerprint density at radius 1 is 1.13 bits per heavy atom. The molecular weight excluding hydrogens is 398 g/mol. The lowest BCUT2D eigenvalue weighted by Gasteiger charge is -2.26. The Kier molecular flexibility index (Phi) is 6.12. The number of hydrogen-bond acceptors (Lipinski definition) is 4. The van der Waals surface area contributed by atoms with E-state index in [0.717, 1.165) is 29.1 Å². The van der Waals surface area contributed by atoms with Crippen LogP contribution in [0.15, 0.2) is 54.7 Å². The van der Waals surface area contributed by atoms with E-state index in [1.165, 1.54) is 0 Å². The number of carbonyl (C=O) groups is 1. The number of nitriles is 1. The van der Waals surface area contributed by atoms with Gasteiger partial charge in [-0.25, -0.2) is 4.98 Å². The van der Waals surface area contributed by atoms with Crippen molar-refractivity contribution < 1.29 is 4.79 Å². The number of halogens is 1. The molecule has 30 heavy (non-hydrogen) atoms. The van der Waals surface area contributed by atoms with Gasteiger partial charge in [-0.2, -0.15) is 5.26 Å². The van der Waals surface area contributed by atoms with Crippen LogP contribution in [0, 0.1) is 11.3 Å². The van der Waals surface area contributed by atoms with Crippen molar-refractivity contribution in [3.8, 4) is 6.07 Å². The van der Waals surface area contributed by atoms with Crippen LogP contribution in [0.3, 0.4) is 0 Å². The molecule has 0 saturated carbocycles. The monoisotopic (exact) mass is 419 g/mol. The van der Waals surface area contributed by atoms with Crippen LogP contribution in [0.25, 0.3) is 0 Å². The predicted octanol–water partition coefficient (Wildman–Crippen LogP) is 3.42. The fourth-order valence-corrected chi connectivity index (χ4v) is 4.01. The van der Waals surface area contributed by atoms with Crippen LogP contribution in [0.4, 0.5) is 0 Å². The molecule has 6 nitrogen and oxygen atoms in total. The summed E-state index contributed by atoms with van der Waals surface area (Å²) >= 11 is 6.36. The van der Waals surface area contributed by atoms with E-state index in [0.29, 0.717) is 36.6 Å². The first-order valence-electron chi connectivity index (χ1n) is 9.90. The normalized spacial score (nSPS) is 15.9. The summed E-state index contributed by atoms with van der Waals surface area (Å²) in [6, 6.07) is 17.3. The highest BCUT2D eigenvalue weighted by molar-refractivity contribution is 6.31. The fourth-order valence-electron chi connectivity index (χ4n) is 3.81. The molecular formula is C23H22ClN5O. The molecule has 2 N–H and O–H groups in total. The van der Waals surface area contributed by atoms with Gasteiger partial charge in [0.1, 0.15) is 5.82 Å². The molecule has 1 saturated heterocycles. The number of carbonyl (C=O) groups excluding carboxylic acids is 1. The molecule has 4 rings (SSSR count). The van der Waals surface area contributed by atoms with Gasteiger partial charge in [0.2, 0.25) is 5.91 Å². The van der Waals surface area contributed by atoms with Crippen LogP contribution in [-0.2, 0) is 24.3 Å². The van der Waals surface area contributed by atoms with Gasteiger partial charge < -0.3 is 10.3 Å². The quantitative estimate of drug-likeness (QED) is 0.614. The van der Waals surface area contributed by atoms with Crippen molar-refractivity contribution >= 4 is 17.5 Å². The third-order valence-corrected chi connectivity index (χ3v) is 5.71. The summed E-state index contributed by atoms with van der Waals surface area (Å²) < 4.78 is 0. The van der Waals surface area contributed by atoms with Gasteiger partial charge in [0.15, 0.2) is 0 Å². The van der Waals surface area contributed by atoms with Gasteiger partial charge in [-0.1, -0.05) is 48.0 Å². The largest absolute Gasteiger partial charge is 0.355 e. The molecule has 2 heterocycles. The first-order valence-corrected chi connectivity index (χ1v) is 10.3. The highest BCUT2D eigenvalue weighted by atomic mass is 35.5. The zero-order valence-electron chi connectivity index (χ0n) is 16.4. The number of imidazole rings is 1. The number of nitrogens with one attached hydrogen (secondary N) is 2. The second-order valence-corrected chi connectivity index (χ2v) is 7.80. The number of aromatic nitrogens is 2. The Balaban J connectivity index is 1.52. The lowest BCUT2D eigenvalue weighted by molar-refractivity contribution is -0.124. The molecule has 7 heteroatoms. The van der Waals surface area contributed by atoms with Crippen molar-refractivity contribution in [1.29, 1.82) is 5.26 Å². The van der Waals surface area contributed by atoms with Gasteiger partial charge in [-0.15, -0.1) is 0 Å².